The van der Waals surface area contributed by atoms with E-state index in [-0.39, 0.29) is 10.8 Å². The molecule has 0 amide bonds. The van der Waals surface area contributed by atoms with Crippen LogP contribution in [-0.4, -0.2) is 24.1 Å². The van der Waals surface area contributed by atoms with E-state index in [1.807, 2.05) is 11.3 Å². The fourth-order valence-electron chi connectivity index (χ4n) is 16.0. The molecule has 6 aliphatic carbocycles. The molecule has 5 nitrogen and oxygen atoms in total. The van der Waals surface area contributed by atoms with Crippen LogP contribution in [-0.2, 0) is 10.8 Å². The molecule has 4 heterocycles. The van der Waals surface area contributed by atoms with E-state index in [2.05, 4.69) is 150 Å². The third kappa shape index (κ3) is 5.48. The van der Waals surface area contributed by atoms with Gasteiger partial charge in [-0.25, -0.2) is 15.0 Å². The molecule has 0 spiro atoms. The molecule has 326 valence electrons. The van der Waals surface area contributed by atoms with Gasteiger partial charge >= 0.3 is 0 Å². The molecule has 0 aliphatic heterocycles. The summed E-state index contributed by atoms with van der Waals surface area (Å²) in [5.41, 5.74) is 8.41. The summed E-state index contributed by atoms with van der Waals surface area (Å²) in [5, 5.41) is 7.82. The van der Waals surface area contributed by atoms with E-state index in [0.29, 0.717) is 0 Å². The third-order valence-corrected chi connectivity index (χ3v) is 18.9. The second-order valence-corrected chi connectivity index (χ2v) is 23.4. The number of nitrogens with zero attached hydrogens (tertiary/aromatic N) is 5. The summed E-state index contributed by atoms with van der Waals surface area (Å²) < 4.78 is 7.76. The maximum absolute atomic E-state index is 5.76. The average molecular weight is 878 g/mol. The molecule has 6 heteroatoms. The first-order valence-corrected chi connectivity index (χ1v) is 25.9. The van der Waals surface area contributed by atoms with Gasteiger partial charge in [0.15, 0.2) is 5.82 Å². The molecule has 4 aromatic heterocycles. The van der Waals surface area contributed by atoms with Crippen LogP contribution in [0.25, 0.3) is 86.5 Å². The Labute approximate surface area is 389 Å². The van der Waals surface area contributed by atoms with Crippen LogP contribution in [0, 0.1) is 35.5 Å². The molecule has 66 heavy (non-hydrogen) atoms. The molecule has 6 bridgehead atoms. The summed E-state index contributed by atoms with van der Waals surface area (Å²) in [7, 11) is 0. The number of thiophene rings is 1. The fourth-order valence-corrected chi connectivity index (χ4v) is 17.2. The van der Waals surface area contributed by atoms with Gasteiger partial charge in [0.25, 0.3) is 0 Å². The quantitative estimate of drug-likeness (QED) is 0.173. The number of para-hydroxylation sites is 3. The highest BCUT2D eigenvalue weighted by Gasteiger charge is 2.54. The average Bonchev–Trinajstić information content (AvgIpc) is 3.99. The van der Waals surface area contributed by atoms with Gasteiger partial charge < -0.3 is 9.13 Å². The highest BCUT2D eigenvalue weighted by molar-refractivity contribution is 7.27. The van der Waals surface area contributed by atoms with Crippen LogP contribution in [0.5, 0.6) is 0 Å². The molecule has 10 aromatic rings. The molecule has 2 unspecified atom stereocenters. The van der Waals surface area contributed by atoms with Gasteiger partial charge in [-0.1, -0.05) is 98.8 Å². The van der Waals surface area contributed by atoms with E-state index in [1.54, 1.807) is 0 Å². The molecule has 6 saturated carbocycles. The third-order valence-electron chi connectivity index (χ3n) is 17.7. The maximum atomic E-state index is 5.76. The first-order chi connectivity index (χ1) is 32.4. The summed E-state index contributed by atoms with van der Waals surface area (Å²) >= 11 is 1.93. The smallest absolute Gasteiger partial charge is 0.163 e. The van der Waals surface area contributed by atoms with Crippen molar-refractivity contribution in [3.05, 3.63) is 139 Å². The Hall–Kier alpha value is -5.85. The van der Waals surface area contributed by atoms with Gasteiger partial charge in [0.2, 0.25) is 0 Å². The maximum Gasteiger partial charge on any atom is 0.163 e. The van der Waals surface area contributed by atoms with Crippen LogP contribution in [0.15, 0.2) is 127 Å². The Morgan fingerprint density at radius 1 is 0.500 bits per heavy atom. The fraction of sp³-hybridized carbons (Fsp3) is 0.350. The van der Waals surface area contributed by atoms with Crippen molar-refractivity contribution in [3.63, 3.8) is 0 Å². The molecular weight excluding hydrogens is 823 g/mol. The SMILES string of the molecule is CC1CC2CC(C1)CC(C)(c1nc(-c3cccc(-n4c5ccccc5c5c6c7ccccc7sc6c6c(c7ccccc7n6-c6ccccc6)c54)c3)nc(C34CC5CC(CC(C5)C3)C4)n1)C2. The standard InChI is InChI=1S/C60H55N5S/c1-35-23-36-25-37(24-35)31-59(2,30-36)57-61-56(62-58(63-57)60-32-38-26-39(33-60)28-40(27-38)34-60)41-13-12-16-43(29-41)65-47-20-9-6-17-44(47)50-51-46-19-8-11-22-49(46)66-55(51)54-52(53(50)65)45-18-7-10-21-48(45)64(54)42-14-4-3-5-15-42/h3-22,29,35-40H,23-28,30-34H2,1-2H3. The van der Waals surface area contributed by atoms with E-state index < -0.39 is 0 Å². The number of benzene rings is 6. The molecule has 6 aromatic carbocycles. The van der Waals surface area contributed by atoms with Gasteiger partial charge in [0, 0.05) is 64.8 Å². The summed E-state index contributed by atoms with van der Waals surface area (Å²) in [6, 6.07) is 47.5. The van der Waals surface area contributed by atoms with Crippen LogP contribution in [0.1, 0.15) is 96.1 Å². The molecule has 0 saturated heterocycles. The van der Waals surface area contributed by atoms with Crippen LogP contribution in [0.4, 0.5) is 0 Å². The lowest BCUT2D eigenvalue weighted by Gasteiger charge is -2.56. The van der Waals surface area contributed by atoms with E-state index >= 15 is 0 Å². The molecule has 0 radical (unpaired) electrons. The van der Waals surface area contributed by atoms with Crippen molar-refractivity contribution in [1.29, 1.82) is 0 Å². The minimum absolute atomic E-state index is 0.0415. The highest BCUT2D eigenvalue weighted by atomic mass is 32.1. The first kappa shape index (κ1) is 38.3. The molecule has 16 rings (SSSR count). The molecule has 2 atom stereocenters. The Bertz CT molecular complexity index is 3570. The zero-order chi connectivity index (χ0) is 43.5. The molecule has 6 aliphatic rings. The van der Waals surface area contributed by atoms with Gasteiger partial charge in [-0.3, -0.25) is 0 Å². The lowest BCUT2D eigenvalue weighted by Crippen LogP contribution is -2.50. The van der Waals surface area contributed by atoms with Crippen molar-refractivity contribution in [2.24, 2.45) is 35.5 Å². The minimum Gasteiger partial charge on any atom is -0.308 e. The molecule has 6 fully saturated rings. The van der Waals surface area contributed by atoms with E-state index in [1.165, 1.54) is 140 Å². The Morgan fingerprint density at radius 3 is 1.76 bits per heavy atom. The predicted molar refractivity (Wildman–Crippen MR) is 273 cm³/mol. The number of hydrogen-bond donors (Lipinski definition) is 0. The lowest BCUT2D eigenvalue weighted by molar-refractivity contribution is -0.00987. The van der Waals surface area contributed by atoms with Crippen molar-refractivity contribution in [2.75, 3.05) is 0 Å². The topological polar surface area (TPSA) is 48.5 Å². The summed E-state index contributed by atoms with van der Waals surface area (Å²) in [4.78, 5) is 17.2. The monoisotopic (exact) mass is 877 g/mol. The number of aromatic nitrogens is 5. The Morgan fingerprint density at radius 2 is 1.06 bits per heavy atom. The van der Waals surface area contributed by atoms with Crippen molar-refractivity contribution in [3.8, 4) is 22.8 Å². The largest absolute Gasteiger partial charge is 0.308 e. The number of rotatable bonds is 5. The van der Waals surface area contributed by atoms with E-state index in [9.17, 15) is 0 Å². The van der Waals surface area contributed by atoms with Crippen molar-refractivity contribution in [1.82, 2.24) is 24.1 Å². The van der Waals surface area contributed by atoms with Crippen molar-refractivity contribution < 1.29 is 0 Å². The highest BCUT2D eigenvalue weighted by Crippen LogP contribution is 2.61. The van der Waals surface area contributed by atoms with Gasteiger partial charge in [-0.05, 0) is 149 Å². The normalized spacial score (nSPS) is 28.2. The lowest BCUT2D eigenvalue weighted by atomic mass is 9.49. The number of fused-ring (bicyclic) bond motifs is 14. The zero-order valence-corrected chi connectivity index (χ0v) is 38.8. The Balaban J connectivity index is 1.00. The second-order valence-electron chi connectivity index (χ2n) is 22.4. The van der Waals surface area contributed by atoms with Crippen LogP contribution < -0.4 is 0 Å². The minimum atomic E-state index is -0.0415. The van der Waals surface area contributed by atoms with Crippen molar-refractivity contribution >= 4 is 75.1 Å². The molecule has 0 N–H and O–H groups in total. The predicted octanol–water partition coefficient (Wildman–Crippen LogP) is 15.7. The van der Waals surface area contributed by atoms with Gasteiger partial charge in [0.05, 0.1) is 26.8 Å². The van der Waals surface area contributed by atoms with Gasteiger partial charge in [-0.15, -0.1) is 11.3 Å². The number of hydrogen-bond acceptors (Lipinski definition) is 4. The first-order valence-electron chi connectivity index (χ1n) is 25.1. The van der Waals surface area contributed by atoms with Crippen LogP contribution >= 0.6 is 11.3 Å². The summed E-state index contributed by atoms with van der Waals surface area (Å²) in [5.74, 6) is 7.87. The van der Waals surface area contributed by atoms with Gasteiger partial charge in [-0.2, -0.15) is 0 Å². The summed E-state index contributed by atoms with van der Waals surface area (Å²) in [6.45, 7) is 5.00. The second kappa shape index (κ2) is 13.9. The Kier molecular flexibility index (Phi) is 8.03. The van der Waals surface area contributed by atoms with Crippen molar-refractivity contribution in [2.45, 2.75) is 95.3 Å². The molecular formula is C60H55N5S. The van der Waals surface area contributed by atoms with Crippen LogP contribution in [0.3, 0.4) is 0 Å². The van der Waals surface area contributed by atoms with E-state index in [0.717, 1.165) is 64.2 Å². The summed E-state index contributed by atoms with van der Waals surface area (Å²) in [6.07, 6.45) is 14.4. The van der Waals surface area contributed by atoms with Gasteiger partial charge in [0.1, 0.15) is 11.6 Å². The van der Waals surface area contributed by atoms with Crippen LogP contribution in [0.2, 0.25) is 0 Å². The zero-order valence-electron chi connectivity index (χ0n) is 38.0. The van der Waals surface area contributed by atoms with E-state index in [4.69, 9.17) is 15.0 Å².